The average Bonchev–Trinajstić information content (AvgIpc) is 3.01. The van der Waals surface area contributed by atoms with E-state index in [1.807, 2.05) is 23.1 Å². The second-order valence-corrected chi connectivity index (χ2v) is 5.45. The Bertz CT molecular complexity index is 437. The number of hydrogen-bond donors (Lipinski definition) is 1. The van der Waals surface area contributed by atoms with E-state index in [0.29, 0.717) is 5.91 Å². The SMILES string of the molecule is C[C@H](c1ccccc1)N1CC[C@@]2(CCCN2)C1=O. The Morgan fingerprint density at radius 3 is 2.72 bits per heavy atom. The molecule has 2 heterocycles. The summed E-state index contributed by atoms with van der Waals surface area (Å²) in [6, 6.07) is 10.5. The molecule has 3 rings (SSSR count). The van der Waals surface area contributed by atoms with Crippen molar-refractivity contribution in [3.05, 3.63) is 35.9 Å². The predicted octanol–water partition coefficient (Wildman–Crippen LogP) is 2.10. The first-order chi connectivity index (χ1) is 8.73. The summed E-state index contributed by atoms with van der Waals surface area (Å²) >= 11 is 0. The molecule has 1 aromatic rings. The number of carbonyl (C=O) groups excluding carboxylic acids is 1. The Labute approximate surface area is 108 Å². The van der Waals surface area contributed by atoms with Gasteiger partial charge in [-0.25, -0.2) is 0 Å². The van der Waals surface area contributed by atoms with Crippen LogP contribution in [0.5, 0.6) is 0 Å². The molecule has 2 atom stereocenters. The number of hydrogen-bond acceptors (Lipinski definition) is 2. The predicted molar refractivity (Wildman–Crippen MR) is 71.2 cm³/mol. The molecule has 0 radical (unpaired) electrons. The van der Waals surface area contributed by atoms with Crippen molar-refractivity contribution >= 4 is 5.91 Å². The van der Waals surface area contributed by atoms with Crippen molar-refractivity contribution in [2.45, 2.75) is 37.8 Å². The molecule has 2 fully saturated rings. The third-order valence-electron chi connectivity index (χ3n) is 4.44. The third kappa shape index (κ3) is 1.74. The van der Waals surface area contributed by atoms with Crippen molar-refractivity contribution in [3.8, 4) is 0 Å². The van der Waals surface area contributed by atoms with E-state index in [1.165, 1.54) is 5.56 Å². The number of benzene rings is 1. The van der Waals surface area contributed by atoms with Crippen molar-refractivity contribution in [2.75, 3.05) is 13.1 Å². The summed E-state index contributed by atoms with van der Waals surface area (Å²) < 4.78 is 0. The maximum Gasteiger partial charge on any atom is 0.243 e. The Kier molecular flexibility index (Phi) is 2.86. The first-order valence-electron chi connectivity index (χ1n) is 6.84. The van der Waals surface area contributed by atoms with E-state index in [2.05, 4.69) is 24.4 Å². The normalized spacial score (nSPS) is 29.2. The molecule has 96 valence electrons. The first-order valence-corrected chi connectivity index (χ1v) is 6.84. The number of rotatable bonds is 2. The van der Waals surface area contributed by atoms with Gasteiger partial charge < -0.3 is 10.2 Å². The van der Waals surface area contributed by atoms with Gasteiger partial charge in [0.15, 0.2) is 0 Å². The van der Waals surface area contributed by atoms with Crippen molar-refractivity contribution in [1.29, 1.82) is 0 Å². The Balaban J connectivity index is 1.80. The van der Waals surface area contributed by atoms with Crippen LogP contribution in [0, 0.1) is 0 Å². The standard InChI is InChI=1S/C15H20N2O/c1-12(13-6-3-2-4-7-13)17-11-9-15(14(17)18)8-5-10-16-15/h2-4,6-7,12,16H,5,8-11H2,1H3/t12-,15+/m1/s1. The monoisotopic (exact) mass is 244 g/mol. The number of nitrogens with one attached hydrogen (secondary N) is 1. The third-order valence-corrected chi connectivity index (χ3v) is 4.44. The molecular weight excluding hydrogens is 224 g/mol. The molecule has 2 saturated heterocycles. The highest BCUT2D eigenvalue weighted by atomic mass is 16.2. The summed E-state index contributed by atoms with van der Waals surface area (Å²) in [6.45, 7) is 3.99. The van der Waals surface area contributed by atoms with Gasteiger partial charge in [0, 0.05) is 6.54 Å². The number of amides is 1. The summed E-state index contributed by atoms with van der Waals surface area (Å²) in [5.41, 5.74) is 0.990. The molecule has 0 aromatic heterocycles. The van der Waals surface area contributed by atoms with Gasteiger partial charge in [-0.3, -0.25) is 4.79 Å². The van der Waals surface area contributed by atoms with Crippen LogP contribution in [0.3, 0.4) is 0 Å². The van der Waals surface area contributed by atoms with E-state index in [-0.39, 0.29) is 11.6 Å². The van der Waals surface area contributed by atoms with Crippen molar-refractivity contribution in [2.24, 2.45) is 0 Å². The highest BCUT2D eigenvalue weighted by Gasteiger charge is 2.49. The quantitative estimate of drug-likeness (QED) is 0.864. The van der Waals surface area contributed by atoms with Crippen LogP contribution in [-0.2, 0) is 4.79 Å². The van der Waals surface area contributed by atoms with Crippen LogP contribution in [0.15, 0.2) is 30.3 Å². The summed E-state index contributed by atoms with van der Waals surface area (Å²) in [4.78, 5) is 14.6. The minimum Gasteiger partial charge on any atom is -0.334 e. The van der Waals surface area contributed by atoms with Crippen LogP contribution in [0.2, 0.25) is 0 Å². The highest BCUT2D eigenvalue weighted by molar-refractivity contribution is 5.89. The lowest BCUT2D eigenvalue weighted by Crippen LogP contribution is -2.47. The molecule has 1 N–H and O–H groups in total. The van der Waals surface area contributed by atoms with E-state index in [4.69, 9.17) is 0 Å². The van der Waals surface area contributed by atoms with E-state index < -0.39 is 0 Å². The minimum atomic E-state index is -0.233. The maximum atomic E-state index is 12.6. The summed E-state index contributed by atoms with van der Waals surface area (Å²) in [5.74, 6) is 0.302. The molecule has 1 aromatic carbocycles. The Hall–Kier alpha value is -1.35. The van der Waals surface area contributed by atoms with E-state index in [0.717, 1.165) is 32.4 Å². The largest absolute Gasteiger partial charge is 0.334 e. The fraction of sp³-hybridized carbons (Fsp3) is 0.533. The molecule has 2 aliphatic rings. The molecule has 0 unspecified atom stereocenters. The lowest BCUT2D eigenvalue weighted by Gasteiger charge is -2.28. The van der Waals surface area contributed by atoms with E-state index >= 15 is 0 Å². The number of likely N-dealkylation sites (tertiary alicyclic amines) is 1. The zero-order valence-corrected chi connectivity index (χ0v) is 10.9. The van der Waals surface area contributed by atoms with Gasteiger partial charge in [0.1, 0.15) is 0 Å². The number of carbonyl (C=O) groups is 1. The molecule has 0 bridgehead atoms. The fourth-order valence-electron chi connectivity index (χ4n) is 3.28. The fourth-order valence-corrected chi connectivity index (χ4v) is 3.28. The van der Waals surface area contributed by atoms with Gasteiger partial charge in [-0.15, -0.1) is 0 Å². The Morgan fingerprint density at radius 1 is 1.28 bits per heavy atom. The lowest BCUT2D eigenvalue weighted by molar-refractivity contribution is -0.134. The van der Waals surface area contributed by atoms with Gasteiger partial charge >= 0.3 is 0 Å². The van der Waals surface area contributed by atoms with Crippen molar-refractivity contribution in [3.63, 3.8) is 0 Å². The zero-order chi connectivity index (χ0) is 12.6. The van der Waals surface area contributed by atoms with Crippen LogP contribution in [0.1, 0.15) is 37.8 Å². The number of nitrogens with zero attached hydrogens (tertiary/aromatic N) is 1. The van der Waals surface area contributed by atoms with Gasteiger partial charge in [0.25, 0.3) is 0 Å². The van der Waals surface area contributed by atoms with Crippen LogP contribution >= 0.6 is 0 Å². The molecular formula is C15H20N2O. The molecule has 2 aliphatic heterocycles. The maximum absolute atomic E-state index is 12.6. The lowest BCUT2D eigenvalue weighted by atomic mass is 9.96. The second kappa shape index (κ2) is 4.39. The summed E-state index contributed by atoms with van der Waals surface area (Å²) in [6.07, 6.45) is 3.09. The first kappa shape index (κ1) is 11.7. The zero-order valence-electron chi connectivity index (χ0n) is 10.9. The molecule has 3 heteroatoms. The Morgan fingerprint density at radius 2 is 2.06 bits per heavy atom. The van der Waals surface area contributed by atoms with Crippen LogP contribution in [0.4, 0.5) is 0 Å². The molecule has 0 aliphatic carbocycles. The topological polar surface area (TPSA) is 32.3 Å². The average molecular weight is 244 g/mol. The van der Waals surface area contributed by atoms with Crippen LogP contribution < -0.4 is 5.32 Å². The van der Waals surface area contributed by atoms with Gasteiger partial charge in [0.2, 0.25) is 5.91 Å². The van der Waals surface area contributed by atoms with Gasteiger partial charge in [-0.1, -0.05) is 30.3 Å². The molecule has 3 nitrogen and oxygen atoms in total. The van der Waals surface area contributed by atoms with Gasteiger partial charge in [0.05, 0.1) is 11.6 Å². The second-order valence-electron chi connectivity index (χ2n) is 5.45. The van der Waals surface area contributed by atoms with Crippen LogP contribution in [-0.4, -0.2) is 29.4 Å². The minimum absolute atomic E-state index is 0.181. The van der Waals surface area contributed by atoms with Gasteiger partial charge in [-0.2, -0.15) is 0 Å². The summed E-state index contributed by atoms with van der Waals surface area (Å²) in [7, 11) is 0. The van der Waals surface area contributed by atoms with Crippen molar-refractivity contribution in [1.82, 2.24) is 10.2 Å². The molecule has 0 saturated carbocycles. The van der Waals surface area contributed by atoms with Gasteiger partial charge in [-0.05, 0) is 38.3 Å². The highest BCUT2D eigenvalue weighted by Crippen LogP contribution is 2.35. The van der Waals surface area contributed by atoms with Crippen LogP contribution in [0.25, 0.3) is 0 Å². The summed E-state index contributed by atoms with van der Waals surface area (Å²) in [5, 5.41) is 3.43. The van der Waals surface area contributed by atoms with E-state index in [9.17, 15) is 4.79 Å². The molecule has 1 amide bonds. The molecule has 1 spiro atoms. The smallest absolute Gasteiger partial charge is 0.243 e. The molecule has 18 heavy (non-hydrogen) atoms. The van der Waals surface area contributed by atoms with E-state index in [1.54, 1.807) is 0 Å². The van der Waals surface area contributed by atoms with Crippen molar-refractivity contribution < 1.29 is 4.79 Å².